The van der Waals surface area contributed by atoms with E-state index in [2.05, 4.69) is 15.1 Å². The van der Waals surface area contributed by atoms with E-state index in [1.54, 1.807) is 26.1 Å². The molecule has 0 saturated carbocycles. The van der Waals surface area contributed by atoms with Crippen LogP contribution in [0.2, 0.25) is 5.15 Å². The lowest BCUT2D eigenvalue weighted by Gasteiger charge is -2.05. The van der Waals surface area contributed by atoms with E-state index in [9.17, 15) is 8.42 Å². The lowest BCUT2D eigenvalue weighted by atomic mass is 10.2. The number of rotatable bonds is 4. The summed E-state index contributed by atoms with van der Waals surface area (Å²) in [5.74, 6) is 0.966. The Kier molecular flexibility index (Phi) is 3.82. The Morgan fingerprint density at radius 3 is 2.48 bits per heavy atom. The Labute approximate surface area is 136 Å². The molecule has 1 aromatic carbocycles. The minimum atomic E-state index is -4.11. The summed E-state index contributed by atoms with van der Waals surface area (Å²) in [5, 5.41) is 3.42. The predicted octanol–water partition coefficient (Wildman–Crippen LogP) is 2.20. The highest BCUT2D eigenvalue weighted by atomic mass is 35.5. The van der Waals surface area contributed by atoms with Crippen molar-refractivity contribution in [3.05, 3.63) is 41.6 Å². The van der Waals surface area contributed by atoms with Crippen LogP contribution in [-0.2, 0) is 17.2 Å². The first kappa shape index (κ1) is 15.5. The molecule has 0 aliphatic heterocycles. The third-order valence-corrected chi connectivity index (χ3v) is 4.66. The first-order chi connectivity index (χ1) is 10.9. The summed E-state index contributed by atoms with van der Waals surface area (Å²) in [5.41, 5.74) is 0.669. The maximum absolute atomic E-state index is 12.2. The highest BCUT2D eigenvalue weighted by Crippen LogP contribution is 2.25. The number of hydrogen-bond donors (Lipinski definition) is 0. The third-order valence-electron chi connectivity index (χ3n) is 2.92. The molecule has 0 atom stereocenters. The summed E-state index contributed by atoms with van der Waals surface area (Å²) in [6, 6.07) is 6.20. The Bertz CT molecular complexity index is 947. The SMILES string of the molecule is Cc1nc(-c2ccc(OS(=O)(=O)c3ncn(C)c3Cl)cc2)no1. The van der Waals surface area contributed by atoms with Gasteiger partial charge in [-0.2, -0.15) is 13.4 Å². The molecule has 0 aliphatic rings. The van der Waals surface area contributed by atoms with Crippen LogP contribution in [0.15, 0.2) is 40.1 Å². The zero-order valence-electron chi connectivity index (χ0n) is 12.1. The molecule has 8 nitrogen and oxygen atoms in total. The summed E-state index contributed by atoms with van der Waals surface area (Å²) in [7, 11) is -2.53. The van der Waals surface area contributed by atoms with Gasteiger partial charge in [0.05, 0.1) is 6.33 Å². The van der Waals surface area contributed by atoms with Gasteiger partial charge in [-0.25, -0.2) is 4.98 Å². The highest BCUT2D eigenvalue weighted by molar-refractivity contribution is 7.87. The maximum atomic E-state index is 12.2. The quantitative estimate of drug-likeness (QED) is 0.662. The second-order valence-electron chi connectivity index (χ2n) is 4.65. The largest absolute Gasteiger partial charge is 0.378 e. The fraction of sp³-hybridized carbons (Fsp3) is 0.154. The number of halogens is 1. The van der Waals surface area contributed by atoms with Gasteiger partial charge in [-0.3, -0.25) is 0 Å². The molecule has 0 radical (unpaired) electrons. The van der Waals surface area contributed by atoms with E-state index in [0.29, 0.717) is 17.3 Å². The Balaban J connectivity index is 1.84. The van der Waals surface area contributed by atoms with E-state index in [1.807, 2.05) is 0 Å². The van der Waals surface area contributed by atoms with Crippen molar-refractivity contribution in [1.29, 1.82) is 0 Å². The van der Waals surface area contributed by atoms with Gasteiger partial charge in [0.2, 0.25) is 16.7 Å². The lowest BCUT2D eigenvalue weighted by molar-refractivity contribution is 0.394. The second kappa shape index (κ2) is 5.67. The smallest absolute Gasteiger partial charge is 0.360 e. The lowest BCUT2D eigenvalue weighted by Crippen LogP contribution is -2.11. The average molecular weight is 355 g/mol. The van der Waals surface area contributed by atoms with Crippen LogP contribution in [0, 0.1) is 6.92 Å². The molecule has 10 heteroatoms. The van der Waals surface area contributed by atoms with Gasteiger partial charge in [0, 0.05) is 19.5 Å². The fourth-order valence-corrected chi connectivity index (χ4v) is 3.15. The van der Waals surface area contributed by atoms with Crippen LogP contribution in [0.4, 0.5) is 0 Å². The molecule has 0 bridgehead atoms. The molecule has 23 heavy (non-hydrogen) atoms. The van der Waals surface area contributed by atoms with E-state index < -0.39 is 10.1 Å². The number of imidazole rings is 1. The van der Waals surface area contributed by atoms with Gasteiger partial charge in [0.1, 0.15) is 5.75 Å². The molecule has 2 aromatic heterocycles. The Hall–Kier alpha value is -2.39. The minimum absolute atomic E-state index is 0.0242. The van der Waals surface area contributed by atoms with Gasteiger partial charge in [0.25, 0.3) is 0 Å². The topological polar surface area (TPSA) is 100 Å². The monoisotopic (exact) mass is 354 g/mol. The molecule has 0 fully saturated rings. The van der Waals surface area contributed by atoms with Crippen molar-refractivity contribution in [1.82, 2.24) is 19.7 Å². The molecule has 0 saturated heterocycles. The molecule has 2 heterocycles. The van der Waals surface area contributed by atoms with Gasteiger partial charge >= 0.3 is 10.1 Å². The predicted molar refractivity (Wildman–Crippen MR) is 80.5 cm³/mol. The van der Waals surface area contributed by atoms with E-state index in [1.165, 1.54) is 23.0 Å². The summed E-state index contributed by atoms with van der Waals surface area (Å²) >= 11 is 5.88. The molecule has 0 N–H and O–H groups in total. The van der Waals surface area contributed by atoms with Gasteiger partial charge in [-0.15, -0.1) is 0 Å². The van der Waals surface area contributed by atoms with Crippen LogP contribution in [0.25, 0.3) is 11.4 Å². The number of hydrogen-bond acceptors (Lipinski definition) is 7. The number of aromatic nitrogens is 4. The first-order valence-electron chi connectivity index (χ1n) is 6.39. The van der Waals surface area contributed by atoms with Crippen LogP contribution in [0.1, 0.15) is 5.89 Å². The summed E-state index contributed by atoms with van der Waals surface area (Å²) in [6.07, 6.45) is 1.29. The summed E-state index contributed by atoms with van der Waals surface area (Å²) < 4.78 is 35.6. The van der Waals surface area contributed by atoms with Crippen LogP contribution in [0.3, 0.4) is 0 Å². The number of benzene rings is 1. The highest BCUT2D eigenvalue weighted by Gasteiger charge is 2.24. The summed E-state index contributed by atoms with van der Waals surface area (Å²) in [6.45, 7) is 1.68. The molecule has 0 spiro atoms. The van der Waals surface area contributed by atoms with Gasteiger partial charge in [0.15, 0.2) is 5.15 Å². The molecule has 120 valence electrons. The fourth-order valence-electron chi connectivity index (χ4n) is 1.80. The zero-order chi connectivity index (χ0) is 16.6. The molecule has 0 aliphatic carbocycles. The van der Waals surface area contributed by atoms with Crippen LogP contribution in [0.5, 0.6) is 5.75 Å². The molecular weight excluding hydrogens is 344 g/mol. The van der Waals surface area contributed by atoms with E-state index in [-0.39, 0.29) is 15.9 Å². The molecule has 0 unspecified atom stereocenters. The number of nitrogens with zero attached hydrogens (tertiary/aromatic N) is 4. The zero-order valence-corrected chi connectivity index (χ0v) is 13.7. The van der Waals surface area contributed by atoms with E-state index in [4.69, 9.17) is 20.3 Å². The molecule has 0 amide bonds. The van der Waals surface area contributed by atoms with Crippen molar-refractivity contribution in [2.75, 3.05) is 0 Å². The van der Waals surface area contributed by atoms with Crippen molar-refractivity contribution in [2.45, 2.75) is 11.9 Å². The number of aryl methyl sites for hydroxylation is 2. The normalized spacial score (nSPS) is 11.6. The van der Waals surface area contributed by atoms with Gasteiger partial charge in [-0.05, 0) is 24.3 Å². The van der Waals surface area contributed by atoms with Gasteiger partial charge < -0.3 is 13.3 Å². The van der Waals surface area contributed by atoms with E-state index in [0.717, 1.165) is 0 Å². The maximum Gasteiger partial charge on any atom is 0.360 e. The Morgan fingerprint density at radius 1 is 1.26 bits per heavy atom. The van der Waals surface area contributed by atoms with Crippen molar-refractivity contribution in [2.24, 2.45) is 7.05 Å². The Morgan fingerprint density at radius 2 is 1.96 bits per heavy atom. The minimum Gasteiger partial charge on any atom is -0.378 e. The molecule has 3 aromatic rings. The van der Waals surface area contributed by atoms with Crippen LogP contribution < -0.4 is 4.18 Å². The van der Waals surface area contributed by atoms with Crippen LogP contribution >= 0.6 is 11.6 Å². The molecular formula is C13H11ClN4O4S. The van der Waals surface area contributed by atoms with Crippen LogP contribution in [-0.4, -0.2) is 28.1 Å². The van der Waals surface area contributed by atoms with E-state index >= 15 is 0 Å². The van der Waals surface area contributed by atoms with Crippen molar-refractivity contribution in [3.8, 4) is 17.1 Å². The molecule has 3 rings (SSSR count). The third kappa shape index (κ3) is 3.06. The summed E-state index contributed by atoms with van der Waals surface area (Å²) in [4.78, 5) is 7.82. The van der Waals surface area contributed by atoms with Gasteiger partial charge in [-0.1, -0.05) is 16.8 Å². The second-order valence-corrected chi connectivity index (χ2v) is 6.47. The first-order valence-corrected chi connectivity index (χ1v) is 8.17. The van der Waals surface area contributed by atoms with Crippen molar-refractivity contribution >= 4 is 21.7 Å². The standard InChI is InChI=1S/C13H11ClN4O4S/c1-8-16-12(17-21-8)9-3-5-10(6-4-9)22-23(19,20)13-11(14)18(2)7-15-13/h3-7H,1-2H3. The van der Waals surface area contributed by atoms with Crippen molar-refractivity contribution in [3.63, 3.8) is 0 Å². The van der Waals surface area contributed by atoms with Crippen molar-refractivity contribution < 1.29 is 17.1 Å². The average Bonchev–Trinajstić information content (AvgIpc) is 3.07.